The fourth-order valence-corrected chi connectivity index (χ4v) is 12.7. The van der Waals surface area contributed by atoms with Gasteiger partial charge in [-0.15, -0.1) is 0 Å². The maximum absolute atomic E-state index is 13.0. The van der Waals surface area contributed by atoms with E-state index in [0.29, 0.717) is 53.7 Å². The van der Waals surface area contributed by atoms with Gasteiger partial charge < -0.3 is 67.4 Å². The van der Waals surface area contributed by atoms with Crippen LogP contribution in [-0.4, -0.2) is 118 Å². The summed E-state index contributed by atoms with van der Waals surface area (Å²) < 4.78 is 83.1. The molecule has 3 atom stereocenters. The standard InChI is InChI=1S/C20H20N4O3.C19H18N4O3.C19H18N4O2.C18H14F2N4O2/c1-2-9-25-14(4-1)11-26-18-12-27-17-10-13(6-7-15(17)18)22-20-19-16(23-24-20)5-3-8-21-19;1-4-15-18(20-7-1)19(23-22-15)21-12-5-6-14-16(9-12)25-11-17(14)26-13-3-2-8-24-10-13;1-3-12(4-1)10-24-17-11-25-16-9-13(6-7-14(16)17)21-19-18-15(22-23-19)5-2-8-20-18;19-18(20)7-10(18)8-25-15-9-26-14-6-11(3-4-12(14)15)22-17-16-13(23-24-17)2-1-5-21-16/h3,5-8,10,12,14H,1-2,4,9,11H2,(H2,22,23,24);1,4-7,9,11,13H,2-3,8,10H2,(H2,21,22,23);2,5-9,11-12H,1,3-4,10H2,(H2,21,22,23);1-6,9-10H,7-8H2,(H2,22,23,24). The quantitative estimate of drug-likeness (QED) is 0.0373. The molecule has 2 saturated carbocycles. The van der Waals surface area contributed by atoms with E-state index in [4.69, 9.17) is 46.1 Å². The number of aromatic amines is 4. The molecule has 20 rings (SSSR count). The average molecular weight is 1410 g/mol. The SMILES string of the molecule is FC1(F)CC1COc1coc2cc(Nc3n[nH]c4cccnc34)ccc12.c1cnc2c(Nc3ccc4c(OC5CCCOC5)coc4c3)n[nH]c2c1.c1cnc2c(Nc3ccc4c(OCC5CCC5)coc4c3)n[nH]c2c1.c1cnc2c(Nc3ccc4c(OCC5CCCCO5)coc4c3)n[nH]c2c1. The van der Waals surface area contributed by atoms with E-state index in [1.807, 2.05) is 115 Å². The monoisotopic (exact) mass is 1400 g/mol. The number of H-pyrrole nitrogens is 4. The summed E-state index contributed by atoms with van der Waals surface area (Å²) in [5.74, 6) is 2.89. The zero-order chi connectivity index (χ0) is 69.8. The first-order chi connectivity index (χ1) is 51.2. The highest BCUT2D eigenvalue weighted by Gasteiger charge is 2.57. The van der Waals surface area contributed by atoms with Crippen LogP contribution in [0.4, 0.5) is 54.8 Å². The Balaban J connectivity index is 0.000000103. The van der Waals surface area contributed by atoms with Gasteiger partial charge in [-0.3, -0.25) is 40.3 Å². The van der Waals surface area contributed by atoms with Crippen LogP contribution in [0.2, 0.25) is 0 Å². The van der Waals surface area contributed by atoms with Gasteiger partial charge in [-0.25, -0.2) is 8.78 Å². The predicted octanol–water partition coefficient (Wildman–Crippen LogP) is 17.5. The lowest BCUT2D eigenvalue weighted by molar-refractivity contribution is -0.0109. The number of benzene rings is 4. The van der Waals surface area contributed by atoms with Crippen molar-refractivity contribution in [2.75, 3.05) is 60.9 Å². The Bertz CT molecular complexity index is 5630. The summed E-state index contributed by atoms with van der Waals surface area (Å²) >= 11 is 0. The number of hydrogen-bond donors (Lipinski definition) is 8. The molecule has 12 aromatic heterocycles. The number of halogens is 2. The minimum Gasteiger partial charge on any atom is -0.489 e. The van der Waals surface area contributed by atoms with Crippen molar-refractivity contribution in [2.24, 2.45) is 11.8 Å². The number of fused-ring (bicyclic) bond motifs is 8. The molecule has 4 aromatic carbocycles. The Morgan fingerprint density at radius 2 is 0.837 bits per heavy atom. The van der Waals surface area contributed by atoms with E-state index in [1.54, 1.807) is 49.6 Å². The number of furan rings is 4. The third-order valence-electron chi connectivity index (χ3n) is 18.7. The zero-order valence-electron chi connectivity index (χ0n) is 56.0. The van der Waals surface area contributed by atoms with Crippen molar-refractivity contribution >= 4 is 134 Å². The highest BCUT2D eigenvalue weighted by Crippen LogP contribution is 2.49. The molecule has 26 nitrogen and oxygen atoms in total. The number of nitrogens with one attached hydrogen (secondary N) is 8. The van der Waals surface area contributed by atoms with Crippen LogP contribution in [0.15, 0.2) is 189 Å². The van der Waals surface area contributed by atoms with Crippen LogP contribution >= 0.6 is 0 Å². The lowest BCUT2D eigenvalue weighted by Crippen LogP contribution is -2.27. The summed E-state index contributed by atoms with van der Waals surface area (Å²) in [6.45, 7) is 3.60. The Morgan fingerprint density at radius 3 is 1.21 bits per heavy atom. The molecule has 16 aromatic rings. The molecule has 3 unspecified atom stereocenters. The maximum Gasteiger partial charge on any atom is 0.255 e. The van der Waals surface area contributed by atoms with Gasteiger partial charge in [0.25, 0.3) is 5.92 Å². The van der Waals surface area contributed by atoms with Crippen molar-refractivity contribution in [3.05, 3.63) is 171 Å². The molecule has 28 heteroatoms. The number of pyridine rings is 4. The Labute approximate surface area is 589 Å². The lowest BCUT2D eigenvalue weighted by atomic mass is 9.86. The molecule has 4 fully saturated rings. The highest BCUT2D eigenvalue weighted by molar-refractivity contribution is 5.95. The largest absolute Gasteiger partial charge is 0.489 e. The van der Waals surface area contributed by atoms with E-state index >= 15 is 0 Å². The summed E-state index contributed by atoms with van der Waals surface area (Å²) in [5.41, 5.74) is 13.0. The second-order valence-electron chi connectivity index (χ2n) is 26.0. The van der Waals surface area contributed by atoms with Crippen molar-refractivity contribution in [1.29, 1.82) is 0 Å². The highest BCUT2D eigenvalue weighted by atomic mass is 19.3. The predicted molar refractivity (Wildman–Crippen MR) is 388 cm³/mol. The van der Waals surface area contributed by atoms with Crippen molar-refractivity contribution in [3.63, 3.8) is 0 Å². The number of rotatable bonds is 19. The molecule has 4 aliphatic rings. The molecule has 528 valence electrons. The van der Waals surface area contributed by atoms with Crippen LogP contribution in [0.5, 0.6) is 23.0 Å². The van der Waals surface area contributed by atoms with Gasteiger partial charge in [-0.2, -0.15) is 20.4 Å². The number of nitrogens with zero attached hydrogens (tertiary/aromatic N) is 8. The normalized spacial score (nSPS) is 17.0. The molecule has 14 heterocycles. The van der Waals surface area contributed by atoms with Crippen LogP contribution in [0, 0.1) is 11.8 Å². The van der Waals surface area contributed by atoms with Gasteiger partial charge in [0.05, 0.1) is 75.5 Å². The molecule has 8 N–H and O–H groups in total. The zero-order valence-corrected chi connectivity index (χ0v) is 56.0. The Kier molecular flexibility index (Phi) is 18.1. The first-order valence-electron chi connectivity index (χ1n) is 34.6. The fourth-order valence-electron chi connectivity index (χ4n) is 12.7. The number of anilines is 8. The van der Waals surface area contributed by atoms with Gasteiger partial charge in [0.2, 0.25) is 0 Å². The van der Waals surface area contributed by atoms with Crippen molar-refractivity contribution in [3.8, 4) is 23.0 Å². The average Bonchev–Trinajstić information content (AvgIpc) is 1.56. The van der Waals surface area contributed by atoms with Crippen LogP contribution in [0.3, 0.4) is 0 Å². The van der Waals surface area contributed by atoms with Crippen LogP contribution in [-0.2, 0) is 9.47 Å². The van der Waals surface area contributed by atoms with Gasteiger partial charge >= 0.3 is 0 Å². The molecule has 2 aliphatic carbocycles. The molecule has 0 bridgehead atoms. The fraction of sp³-hybridized carbons (Fsp3) is 0.263. The second-order valence-corrected chi connectivity index (χ2v) is 26.0. The Morgan fingerprint density at radius 1 is 0.433 bits per heavy atom. The molecule has 104 heavy (non-hydrogen) atoms. The van der Waals surface area contributed by atoms with Crippen molar-refractivity contribution < 1.29 is 54.9 Å². The third-order valence-corrected chi connectivity index (χ3v) is 18.7. The molecule has 2 saturated heterocycles. The number of ether oxygens (including phenoxy) is 6. The van der Waals surface area contributed by atoms with Gasteiger partial charge in [-0.05, 0) is 148 Å². The third kappa shape index (κ3) is 14.4. The van der Waals surface area contributed by atoms with Gasteiger partial charge in [0.15, 0.2) is 46.3 Å². The van der Waals surface area contributed by atoms with Gasteiger partial charge in [0.1, 0.15) is 82.2 Å². The summed E-state index contributed by atoms with van der Waals surface area (Å²) in [6, 6.07) is 38.4. The molecular weight excluding hydrogens is 1330 g/mol. The van der Waals surface area contributed by atoms with E-state index in [0.717, 1.165) is 168 Å². The number of alkyl halides is 2. The summed E-state index contributed by atoms with van der Waals surface area (Å²) in [4.78, 5) is 17.4. The first kappa shape index (κ1) is 65.0. The van der Waals surface area contributed by atoms with Gasteiger partial charge in [-0.1, -0.05) is 6.42 Å². The molecule has 0 amide bonds. The summed E-state index contributed by atoms with van der Waals surface area (Å²) in [5, 5.41) is 45.6. The summed E-state index contributed by atoms with van der Waals surface area (Å²) in [6.07, 6.45) is 22.9. The van der Waals surface area contributed by atoms with E-state index in [2.05, 4.69) is 82.0 Å². The van der Waals surface area contributed by atoms with E-state index < -0.39 is 11.8 Å². The van der Waals surface area contributed by atoms with Crippen LogP contribution in [0.1, 0.15) is 57.8 Å². The van der Waals surface area contributed by atoms with Crippen molar-refractivity contribution in [1.82, 2.24) is 60.7 Å². The minimum absolute atomic E-state index is 0.00738. The molecule has 0 spiro atoms. The lowest BCUT2D eigenvalue weighted by Gasteiger charge is -2.24. The molecular formula is C76H70F2N16O10. The summed E-state index contributed by atoms with van der Waals surface area (Å²) in [7, 11) is 0. The number of aromatic nitrogens is 12. The van der Waals surface area contributed by atoms with Crippen molar-refractivity contribution in [2.45, 2.75) is 75.9 Å². The first-order valence-corrected chi connectivity index (χ1v) is 34.6. The smallest absolute Gasteiger partial charge is 0.255 e. The number of hydrogen-bond acceptors (Lipinski definition) is 22. The topological polar surface area (TPSA) is 322 Å². The second kappa shape index (κ2) is 29.0. The van der Waals surface area contributed by atoms with E-state index in [-0.39, 0.29) is 25.2 Å². The van der Waals surface area contributed by atoms with Crippen LogP contribution < -0.4 is 40.2 Å². The molecule has 0 radical (unpaired) electrons. The van der Waals surface area contributed by atoms with E-state index in [1.165, 1.54) is 31.9 Å². The Hall–Kier alpha value is -12.3. The maximum atomic E-state index is 13.0. The minimum atomic E-state index is -2.59. The van der Waals surface area contributed by atoms with Gasteiger partial charge in [0, 0.05) is 91.4 Å². The van der Waals surface area contributed by atoms with Crippen LogP contribution in [0.25, 0.3) is 88.0 Å². The van der Waals surface area contributed by atoms with E-state index in [9.17, 15) is 8.78 Å². The molecule has 2 aliphatic heterocycles.